The molecular weight excluding hydrogens is 362 g/mol. The van der Waals surface area contributed by atoms with Gasteiger partial charge in [-0.1, -0.05) is 6.07 Å². The Bertz CT molecular complexity index is 939. The molecule has 0 saturated carbocycles. The highest BCUT2D eigenvalue weighted by molar-refractivity contribution is 7.90. The molecule has 7 nitrogen and oxygen atoms in total. The molecule has 1 aliphatic carbocycles. The molecule has 0 aromatic carbocycles. The number of sulfone groups is 1. The number of aromatic nitrogens is 3. The van der Waals surface area contributed by atoms with Crippen LogP contribution < -0.4 is 10.6 Å². The van der Waals surface area contributed by atoms with Crippen molar-refractivity contribution < 1.29 is 8.42 Å². The molecule has 4 rings (SSSR count). The summed E-state index contributed by atoms with van der Waals surface area (Å²) in [5.41, 5.74) is 4.25. The summed E-state index contributed by atoms with van der Waals surface area (Å²) in [6.45, 7) is 2.28. The average molecular weight is 388 g/mol. The van der Waals surface area contributed by atoms with Gasteiger partial charge in [-0.05, 0) is 49.8 Å². The van der Waals surface area contributed by atoms with Crippen LogP contribution in [0.5, 0.6) is 0 Å². The smallest absolute Gasteiger partial charge is 0.223 e. The second-order valence-corrected chi connectivity index (χ2v) is 9.40. The van der Waals surface area contributed by atoms with Crippen molar-refractivity contribution in [2.24, 2.45) is 0 Å². The van der Waals surface area contributed by atoms with E-state index in [9.17, 15) is 8.42 Å². The Morgan fingerprint density at radius 3 is 2.89 bits per heavy atom. The monoisotopic (exact) mass is 387 g/mol. The molecule has 2 aliphatic rings. The Morgan fingerprint density at radius 2 is 2.11 bits per heavy atom. The Labute approximate surface area is 160 Å². The van der Waals surface area contributed by atoms with Gasteiger partial charge in [0.2, 0.25) is 5.95 Å². The van der Waals surface area contributed by atoms with Crippen LogP contribution >= 0.6 is 0 Å². The highest BCUT2D eigenvalue weighted by Crippen LogP contribution is 2.28. The third-order valence-corrected chi connectivity index (χ3v) is 6.41. The van der Waals surface area contributed by atoms with Gasteiger partial charge in [-0.3, -0.25) is 4.98 Å². The molecule has 0 radical (unpaired) electrons. The summed E-state index contributed by atoms with van der Waals surface area (Å²) in [5, 5.41) is 6.56. The minimum absolute atomic E-state index is 0.0914. The summed E-state index contributed by atoms with van der Waals surface area (Å²) >= 11 is 0. The van der Waals surface area contributed by atoms with Gasteiger partial charge in [0, 0.05) is 37.2 Å². The van der Waals surface area contributed by atoms with E-state index in [2.05, 4.69) is 31.7 Å². The quantitative estimate of drug-likeness (QED) is 0.808. The van der Waals surface area contributed by atoms with E-state index < -0.39 is 9.84 Å². The number of piperidine rings is 1. The molecule has 1 unspecified atom stereocenters. The molecule has 1 saturated heterocycles. The maximum absolute atomic E-state index is 12.2. The minimum atomic E-state index is -3.36. The van der Waals surface area contributed by atoms with E-state index in [0.29, 0.717) is 18.2 Å². The zero-order chi connectivity index (χ0) is 18.9. The molecule has 1 aliphatic heterocycles. The number of hydrogen-bond acceptors (Lipinski definition) is 7. The molecule has 8 heteroatoms. The van der Waals surface area contributed by atoms with Gasteiger partial charge in [0.15, 0.2) is 9.84 Å². The van der Waals surface area contributed by atoms with Crippen LogP contribution in [0.2, 0.25) is 0 Å². The number of nitrogens with one attached hydrogen (secondary N) is 2. The Hall–Kier alpha value is -2.06. The lowest BCUT2D eigenvalue weighted by Gasteiger charge is -2.24. The maximum Gasteiger partial charge on any atom is 0.223 e. The van der Waals surface area contributed by atoms with Crippen LogP contribution in [0, 0.1) is 0 Å². The number of pyridine rings is 1. The molecule has 0 bridgehead atoms. The van der Waals surface area contributed by atoms with Crippen molar-refractivity contribution in [3.8, 4) is 0 Å². The Balaban J connectivity index is 1.56. The fraction of sp³-hybridized carbons (Fsp3) is 0.526. The summed E-state index contributed by atoms with van der Waals surface area (Å²) in [4.78, 5) is 13.6. The van der Waals surface area contributed by atoms with E-state index >= 15 is 0 Å². The molecule has 3 heterocycles. The molecule has 0 amide bonds. The minimum Gasteiger partial charge on any atom is -0.350 e. The molecule has 2 N–H and O–H groups in total. The Kier molecular flexibility index (Phi) is 5.10. The van der Waals surface area contributed by atoms with Gasteiger partial charge in [-0.25, -0.2) is 18.4 Å². The second-order valence-electron chi connectivity index (χ2n) is 7.42. The summed E-state index contributed by atoms with van der Waals surface area (Å²) in [6, 6.07) is 2.19. The largest absolute Gasteiger partial charge is 0.350 e. The zero-order valence-corrected chi connectivity index (χ0v) is 16.3. The third kappa shape index (κ3) is 4.11. The predicted molar refractivity (Wildman–Crippen MR) is 104 cm³/mol. The van der Waals surface area contributed by atoms with Gasteiger partial charge in [-0.2, -0.15) is 0 Å². The molecule has 1 atom stereocenters. The van der Waals surface area contributed by atoms with Crippen molar-refractivity contribution >= 4 is 15.8 Å². The normalized spacial score (nSPS) is 19.7. The van der Waals surface area contributed by atoms with Crippen LogP contribution in [0.4, 0.5) is 5.95 Å². The number of nitrogens with zero attached hydrogens (tertiary/aromatic N) is 3. The first-order valence-electron chi connectivity index (χ1n) is 9.49. The standard InChI is InChI=1S/C19H25N5O2S/c1-27(25,26)17-12-23-19(24-18(17)15-5-3-7-20-11-15)22-10-13-8-14-4-2-6-16(14)21-9-13/h8-9,12,15,20H,2-7,10-11H2,1H3,(H,22,23,24). The number of aryl methyl sites for hydroxylation is 2. The van der Waals surface area contributed by atoms with Crippen molar-refractivity contribution in [2.45, 2.75) is 49.5 Å². The number of anilines is 1. The first-order chi connectivity index (χ1) is 13.0. The molecule has 2 aromatic rings. The van der Waals surface area contributed by atoms with Gasteiger partial charge in [0.1, 0.15) is 4.90 Å². The zero-order valence-electron chi connectivity index (χ0n) is 15.5. The molecule has 2 aromatic heterocycles. The van der Waals surface area contributed by atoms with Crippen LogP contribution in [0.15, 0.2) is 23.4 Å². The second kappa shape index (κ2) is 7.52. The molecule has 1 fully saturated rings. The van der Waals surface area contributed by atoms with E-state index in [-0.39, 0.29) is 10.8 Å². The topological polar surface area (TPSA) is 96.9 Å². The summed E-state index contributed by atoms with van der Waals surface area (Å²) in [5.74, 6) is 0.553. The fourth-order valence-electron chi connectivity index (χ4n) is 3.89. The highest BCUT2D eigenvalue weighted by Gasteiger charge is 2.25. The number of rotatable bonds is 5. The van der Waals surface area contributed by atoms with E-state index in [1.807, 2.05) is 6.20 Å². The van der Waals surface area contributed by atoms with E-state index in [4.69, 9.17) is 0 Å². The number of fused-ring (bicyclic) bond motifs is 1. The highest BCUT2D eigenvalue weighted by atomic mass is 32.2. The van der Waals surface area contributed by atoms with Crippen molar-refractivity contribution in [3.63, 3.8) is 0 Å². The van der Waals surface area contributed by atoms with Crippen LogP contribution in [-0.4, -0.2) is 42.7 Å². The van der Waals surface area contributed by atoms with Crippen LogP contribution in [0.25, 0.3) is 0 Å². The van der Waals surface area contributed by atoms with Gasteiger partial charge in [0.25, 0.3) is 0 Å². The molecule has 0 spiro atoms. The number of hydrogen-bond donors (Lipinski definition) is 2. The van der Waals surface area contributed by atoms with Crippen LogP contribution in [0.3, 0.4) is 0 Å². The van der Waals surface area contributed by atoms with Crippen molar-refractivity contribution in [2.75, 3.05) is 24.7 Å². The van der Waals surface area contributed by atoms with Crippen LogP contribution in [0.1, 0.15) is 47.7 Å². The molecule has 144 valence electrons. The Morgan fingerprint density at radius 1 is 1.22 bits per heavy atom. The van der Waals surface area contributed by atoms with Gasteiger partial charge in [-0.15, -0.1) is 0 Å². The lowest BCUT2D eigenvalue weighted by molar-refractivity contribution is 0.448. The van der Waals surface area contributed by atoms with Crippen molar-refractivity contribution in [1.29, 1.82) is 0 Å². The average Bonchev–Trinajstić information content (AvgIpc) is 3.14. The molecule has 27 heavy (non-hydrogen) atoms. The first kappa shape index (κ1) is 18.3. The summed E-state index contributed by atoms with van der Waals surface area (Å²) in [6.07, 6.45) is 9.83. The van der Waals surface area contributed by atoms with E-state index in [1.165, 1.54) is 30.1 Å². The summed E-state index contributed by atoms with van der Waals surface area (Å²) < 4.78 is 24.3. The van der Waals surface area contributed by atoms with Gasteiger partial charge < -0.3 is 10.6 Å². The van der Waals surface area contributed by atoms with Gasteiger partial charge in [0.05, 0.1) is 11.9 Å². The predicted octanol–water partition coefficient (Wildman–Crippen LogP) is 1.84. The lowest BCUT2D eigenvalue weighted by Crippen LogP contribution is -2.30. The van der Waals surface area contributed by atoms with E-state index in [1.54, 1.807) is 0 Å². The van der Waals surface area contributed by atoms with Crippen LogP contribution in [-0.2, 0) is 29.2 Å². The first-order valence-corrected chi connectivity index (χ1v) is 11.4. The lowest BCUT2D eigenvalue weighted by atomic mass is 9.96. The van der Waals surface area contributed by atoms with Gasteiger partial charge >= 0.3 is 0 Å². The van der Waals surface area contributed by atoms with Crippen molar-refractivity contribution in [3.05, 3.63) is 41.0 Å². The molecular formula is C19H25N5O2S. The summed E-state index contributed by atoms with van der Waals surface area (Å²) in [7, 11) is -3.36. The SMILES string of the molecule is CS(=O)(=O)c1cnc(NCc2cnc3c(c2)CCC3)nc1C1CCCNC1. The third-order valence-electron chi connectivity index (χ3n) is 5.29. The fourth-order valence-corrected chi connectivity index (χ4v) is 4.72. The maximum atomic E-state index is 12.2. The van der Waals surface area contributed by atoms with Crippen molar-refractivity contribution in [1.82, 2.24) is 20.3 Å². The van der Waals surface area contributed by atoms with E-state index in [0.717, 1.165) is 44.3 Å².